The Morgan fingerprint density at radius 2 is 1.82 bits per heavy atom. The van der Waals surface area contributed by atoms with E-state index in [0.717, 1.165) is 12.8 Å². The minimum absolute atomic E-state index is 0.0989. The van der Waals surface area contributed by atoms with Crippen LogP contribution in [0.2, 0.25) is 0 Å². The number of carbonyl (C=O) groups excluding carboxylic acids is 3. The highest BCUT2D eigenvalue weighted by atomic mass is 19.1. The summed E-state index contributed by atoms with van der Waals surface area (Å²) in [6.07, 6.45) is 0.828. The number of carbonyl (C=O) groups is 3. The van der Waals surface area contributed by atoms with Crippen LogP contribution in [0, 0.1) is 11.7 Å². The zero-order valence-electron chi connectivity index (χ0n) is 19.5. The van der Waals surface area contributed by atoms with Gasteiger partial charge < -0.3 is 15.0 Å². The summed E-state index contributed by atoms with van der Waals surface area (Å²) in [5.74, 6) is -0.406. The number of hydrogen-bond acceptors (Lipinski definition) is 4. The van der Waals surface area contributed by atoms with E-state index in [1.807, 2.05) is 13.8 Å². The third kappa shape index (κ3) is 5.38. The summed E-state index contributed by atoms with van der Waals surface area (Å²) in [5.41, 5.74) is 1.92. The molecule has 180 valence electrons. The van der Waals surface area contributed by atoms with Crippen LogP contribution in [0.15, 0.2) is 48.5 Å². The van der Waals surface area contributed by atoms with Crippen molar-refractivity contribution in [1.29, 1.82) is 0 Å². The van der Waals surface area contributed by atoms with Gasteiger partial charge in [0.2, 0.25) is 11.8 Å². The number of anilines is 1. The first-order valence-electron chi connectivity index (χ1n) is 11.7. The average Bonchev–Trinajstić information content (AvgIpc) is 3.43. The van der Waals surface area contributed by atoms with Crippen molar-refractivity contribution in [3.05, 3.63) is 65.5 Å². The largest absolute Gasteiger partial charge is 0.438 e. The maximum absolute atomic E-state index is 13.5. The van der Waals surface area contributed by atoms with E-state index < -0.39 is 18.2 Å². The Kier molecular flexibility index (Phi) is 7.14. The fraction of sp³-hybridized carbons (Fsp3) is 0.423. The number of ether oxygens (including phenoxy) is 1. The monoisotopic (exact) mass is 467 g/mol. The lowest BCUT2D eigenvalue weighted by atomic mass is 9.99. The molecule has 0 spiro atoms. The highest BCUT2D eigenvalue weighted by molar-refractivity contribution is 5.91. The highest BCUT2D eigenvalue weighted by Crippen LogP contribution is 2.36. The molecule has 0 saturated carbocycles. The first-order chi connectivity index (χ1) is 16.3. The van der Waals surface area contributed by atoms with Gasteiger partial charge in [-0.05, 0) is 54.2 Å². The predicted octanol–water partition coefficient (Wildman–Crippen LogP) is 4.49. The summed E-state index contributed by atoms with van der Waals surface area (Å²) in [5, 5.41) is 2.88. The number of cyclic esters (lactones) is 1. The quantitative estimate of drug-likeness (QED) is 0.651. The van der Waals surface area contributed by atoms with Gasteiger partial charge in [-0.2, -0.15) is 0 Å². The molecule has 8 heteroatoms. The van der Waals surface area contributed by atoms with Gasteiger partial charge in [0, 0.05) is 25.2 Å². The van der Waals surface area contributed by atoms with E-state index in [-0.39, 0.29) is 30.1 Å². The Bertz CT molecular complexity index is 1050. The smallest absolute Gasteiger partial charge is 0.411 e. The van der Waals surface area contributed by atoms with Gasteiger partial charge in [-0.25, -0.2) is 9.18 Å². The maximum Gasteiger partial charge on any atom is 0.411 e. The van der Waals surface area contributed by atoms with Crippen molar-refractivity contribution in [2.24, 2.45) is 5.92 Å². The second-order valence-corrected chi connectivity index (χ2v) is 9.31. The van der Waals surface area contributed by atoms with E-state index in [0.29, 0.717) is 36.3 Å². The lowest BCUT2D eigenvalue weighted by Crippen LogP contribution is -2.47. The Balaban J connectivity index is 1.62. The van der Waals surface area contributed by atoms with Crippen LogP contribution < -0.4 is 5.32 Å². The van der Waals surface area contributed by atoms with Crippen LogP contribution in [0.25, 0.3) is 0 Å². The fourth-order valence-electron chi connectivity index (χ4n) is 4.48. The summed E-state index contributed by atoms with van der Waals surface area (Å²) >= 11 is 0. The van der Waals surface area contributed by atoms with E-state index >= 15 is 0 Å². The molecule has 0 radical (unpaired) electrons. The molecule has 2 aliphatic rings. The minimum atomic E-state index is -0.850. The number of nitrogens with zero attached hydrogens (tertiary/aromatic N) is 2. The van der Waals surface area contributed by atoms with Crippen molar-refractivity contribution >= 4 is 23.6 Å². The number of benzene rings is 2. The number of rotatable bonds is 7. The molecule has 2 aromatic rings. The van der Waals surface area contributed by atoms with Crippen LogP contribution in [0.4, 0.5) is 14.9 Å². The van der Waals surface area contributed by atoms with Crippen LogP contribution in [0.5, 0.6) is 0 Å². The SMILES string of the molecule is CC(C)CC(=O)Nc1cccc(C2OC(=O)N(Cc3ccc(F)cc3)C2C(=O)N2CCCC2)c1. The predicted molar refractivity (Wildman–Crippen MR) is 125 cm³/mol. The van der Waals surface area contributed by atoms with Crippen molar-refractivity contribution in [2.45, 2.75) is 51.8 Å². The van der Waals surface area contributed by atoms with E-state index in [1.165, 1.54) is 17.0 Å². The lowest BCUT2D eigenvalue weighted by molar-refractivity contribution is -0.135. The van der Waals surface area contributed by atoms with E-state index in [2.05, 4.69) is 5.32 Å². The molecule has 2 unspecified atom stereocenters. The zero-order valence-corrected chi connectivity index (χ0v) is 19.5. The van der Waals surface area contributed by atoms with E-state index in [9.17, 15) is 18.8 Å². The molecule has 0 bridgehead atoms. The third-order valence-electron chi connectivity index (χ3n) is 6.11. The highest BCUT2D eigenvalue weighted by Gasteiger charge is 2.48. The molecule has 34 heavy (non-hydrogen) atoms. The second-order valence-electron chi connectivity index (χ2n) is 9.31. The molecule has 2 fully saturated rings. The number of nitrogens with one attached hydrogen (secondary N) is 1. The van der Waals surface area contributed by atoms with Gasteiger partial charge in [0.15, 0.2) is 12.1 Å². The van der Waals surface area contributed by atoms with Crippen molar-refractivity contribution in [2.75, 3.05) is 18.4 Å². The summed E-state index contributed by atoms with van der Waals surface area (Å²) < 4.78 is 19.1. The zero-order chi connectivity index (χ0) is 24.2. The van der Waals surface area contributed by atoms with Crippen LogP contribution in [-0.2, 0) is 20.9 Å². The van der Waals surface area contributed by atoms with Crippen LogP contribution >= 0.6 is 0 Å². The van der Waals surface area contributed by atoms with Gasteiger partial charge >= 0.3 is 6.09 Å². The van der Waals surface area contributed by atoms with E-state index in [1.54, 1.807) is 41.3 Å². The number of halogens is 1. The molecule has 3 amide bonds. The molecule has 4 rings (SSSR count). The normalized spacial score (nSPS) is 20.1. The Hall–Kier alpha value is -3.42. The topological polar surface area (TPSA) is 79.0 Å². The van der Waals surface area contributed by atoms with Crippen LogP contribution in [0.3, 0.4) is 0 Å². The summed E-state index contributed by atoms with van der Waals surface area (Å²) in [6.45, 7) is 5.36. The van der Waals surface area contributed by atoms with Crippen molar-refractivity contribution in [3.63, 3.8) is 0 Å². The van der Waals surface area contributed by atoms with Gasteiger partial charge in [0.1, 0.15) is 5.82 Å². The van der Waals surface area contributed by atoms with Gasteiger partial charge in [-0.15, -0.1) is 0 Å². The van der Waals surface area contributed by atoms with Gasteiger partial charge in [0.25, 0.3) is 0 Å². The lowest BCUT2D eigenvalue weighted by Gasteiger charge is -2.28. The molecule has 2 heterocycles. The summed E-state index contributed by atoms with van der Waals surface area (Å²) in [7, 11) is 0. The summed E-state index contributed by atoms with van der Waals surface area (Å²) in [4.78, 5) is 41.9. The fourth-order valence-corrected chi connectivity index (χ4v) is 4.48. The number of amides is 3. The van der Waals surface area contributed by atoms with Crippen LogP contribution in [-0.4, -0.2) is 46.8 Å². The molecule has 2 saturated heterocycles. The molecule has 0 aliphatic carbocycles. The van der Waals surface area contributed by atoms with Crippen molar-refractivity contribution in [3.8, 4) is 0 Å². The van der Waals surface area contributed by atoms with Crippen molar-refractivity contribution in [1.82, 2.24) is 9.80 Å². The van der Waals surface area contributed by atoms with Gasteiger partial charge in [0.05, 0.1) is 6.54 Å². The number of hydrogen-bond donors (Lipinski definition) is 1. The molecular weight excluding hydrogens is 437 g/mol. The van der Waals surface area contributed by atoms with Crippen molar-refractivity contribution < 1.29 is 23.5 Å². The Labute approximate surface area is 198 Å². The second kappa shape index (κ2) is 10.2. The first kappa shape index (κ1) is 23.7. The van der Waals surface area contributed by atoms with Gasteiger partial charge in [-0.3, -0.25) is 14.5 Å². The maximum atomic E-state index is 13.5. The standard InChI is InChI=1S/C26H30FN3O4/c1-17(2)14-22(31)28-21-7-5-6-19(15-21)24-23(25(32)29-12-3-4-13-29)30(26(33)34-24)16-18-8-10-20(27)11-9-18/h5-11,15,17,23-24H,3-4,12-14,16H2,1-2H3,(H,28,31). The Morgan fingerprint density at radius 1 is 1.12 bits per heavy atom. The molecule has 0 aromatic heterocycles. The molecule has 7 nitrogen and oxygen atoms in total. The Morgan fingerprint density at radius 3 is 2.50 bits per heavy atom. The first-order valence-corrected chi connectivity index (χ1v) is 11.7. The number of likely N-dealkylation sites (tertiary alicyclic amines) is 1. The third-order valence-corrected chi connectivity index (χ3v) is 6.11. The van der Waals surface area contributed by atoms with Gasteiger partial charge in [-0.1, -0.05) is 38.1 Å². The van der Waals surface area contributed by atoms with Crippen LogP contribution in [0.1, 0.15) is 50.3 Å². The average molecular weight is 468 g/mol. The molecule has 2 aliphatic heterocycles. The summed E-state index contributed by atoms with van der Waals surface area (Å²) in [6, 6.07) is 12.1. The molecule has 2 aromatic carbocycles. The molecular formula is C26H30FN3O4. The van der Waals surface area contributed by atoms with E-state index in [4.69, 9.17) is 4.74 Å². The minimum Gasteiger partial charge on any atom is -0.438 e. The molecule has 2 atom stereocenters. The molecule has 1 N–H and O–H groups in total.